The summed E-state index contributed by atoms with van der Waals surface area (Å²) in [7, 11) is 0. The van der Waals surface area contributed by atoms with Gasteiger partial charge in [0.05, 0.1) is 62.7 Å². The van der Waals surface area contributed by atoms with Crippen LogP contribution in [0, 0.1) is 11.8 Å². The standard InChI is InChI=1S/C28H54O8/c1-21(19-35-25(5)23(3)29)27(31)33-17-15-13-11-9-7-8-10-12-14-16-18-34-28(32)22(2)20-36-26(6)24(4)30/h21-26,29-30H,7-20H2,1-6H3. The van der Waals surface area contributed by atoms with Crippen LogP contribution in [0.3, 0.4) is 0 Å². The molecule has 214 valence electrons. The molecule has 0 aromatic carbocycles. The first kappa shape index (κ1) is 34.8. The normalized spacial score (nSPS) is 16.6. The zero-order valence-corrected chi connectivity index (χ0v) is 23.7. The van der Waals surface area contributed by atoms with Gasteiger partial charge in [-0.2, -0.15) is 0 Å². The minimum atomic E-state index is -0.558. The van der Waals surface area contributed by atoms with Gasteiger partial charge in [0.15, 0.2) is 0 Å². The molecule has 6 unspecified atom stereocenters. The Morgan fingerprint density at radius 3 is 1.08 bits per heavy atom. The Labute approximate surface area is 219 Å². The zero-order valence-electron chi connectivity index (χ0n) is 23.7. The molecule has 0 aromatic heterocycles. The van der Waals surface area contributed by atoms with Crippen molar-refractivity contribution in [2.24, 2.45) is 11.8 Å². The highest BCUT2D eigenvalue weighted by Crippen LogP contribution is 2.12. The van der Waals surface area contributed by atoms with Crippen molar-refractivity contribution < 1.29 is 38.7 Å². The van der Waals surface area contributed by atoms with Crippen LogP contribution in [-0.4, -0.2) is 73.0 Å². The maximum Gasteiger partial charge on any atom is 0.310 e. The van der Waals surface area contributed by atoms with Crippen LogP contribution in [0.25, 0.3) is 0 Å². The predicted octanol–water partition coefficient (Wildman–Crippen LogP) is 4.82. The maximum atomic E-state index is 12.0. The predicted molar refractivity (Wildman–Crippen MR) is 141 cm³/mol. The fourth-order valence-corrected chi connectivity index (χ4v) is 3.26. The molecule has 0 aromatic rings. The second-order valence-electron chi connectivity index (χ2n) is 10.2. The van der Waals surface area contributed by atoms with E-state index in [0.717, 1.165) is 38.5 Å². The summed E-state index contributed by atoms with van der Waals surface area (Å²) >= 11 is 0. The van der Waals surface area contributed by atoms with Crippen LogP contribution in [0.4, 0.5) is 0 Å². The van der Waals surface area contributed by atoms with E-state index in [9.17, 15) is 19.8 Å². The first-order chi connectivity index (χ1) is 17.1. The quantitative estimate of drug-likeness (QED) is 0.146. The number of ether oxygens (including phenoxy) is 4. The van der Waals surface area contributed by atoms with E-state index >= 15 is 0 Å². The SMILES string of the molecule is CC(COC(C)C(C)O)C(=O)OCCCCCCCCCCCCOC(=O)C(C)COC(C)C(C)O. The summed E-state index contributed by atoms with van der Waals surface area (Å²) in [6, 6.07) is 0. The molecule has 0 aliphatic rings. The van der Waals surface area contributed by atoms with Gasteiger partial charge in [-0.3, -0.25) is 9.59 Å². The van der Waals surface area contributed by atoms with E-state index in [0.29, 0.717) is 13.2 Å². The Balaban J connectivity index is 3.48. The van der Waals surface area contributed by atoms with Crippen LogP contribution < -0.4 is 0 Å². The summed E-state index contributed by atoms with van der Waals surface area (Å²) in [6.45, 7) is 11.9. The highest BCUT2D eigenvalue weighted by molar-refractivity contribution is 5.72. The van der Waals surface area contributed by atoms with Gasteiger partial charge in [-0.1, -0.05) is 51.4 Å². The second kappa shape index (κ2) is 21.8. The molecule has 0 heterocycles. The van der Waals surface area contributed by atoms with Crippen LogP contribution in [0.1, 0.15) is 106 Å². The number of aliphatic hydroxyl groups excluding tert-OH is 2. The number of hydrogen-bond acceptors (Lipinski definition) is 8. The Morgan fingerprint density at radius 2 is 0.806 bits per heavy atom. The van der Waals surface area contributed by atoms with E-state index in [4.69, 9.17) is 18.9 Å². The number of carbonyl (C=O) groups is 2. The van der Waals surface area contributed by atoms with E-state index in [1.54, 1.807) is 41.5 Å². The largest absolute Gasteiger partial charge is 0.465 e. The molecule has 0 fully saturated rings. The highest BCUT2D eigenvalue weighted by atomic mass is 16.5. The van der Waals surface area contributed by atoms with Crippen molar-refractivity contribution in [1.29, 1.82) is 0 Å². The van der Waals surface area contributed by atoms with Crippen molar-refractivity contribution in [3.05, 3.63) is 0 Å². The molecule has 0 amide bonds. The minimum absolute atomic E-state index is 0.242. The lowest BCUT2D eigenvalue weighted by molar-refractivity contribution is -0.152. The zero-order chi connectivity index (χ0) is 27.3. The van der Waals surface area contributed by atoms with Crippen molar-refractivity contribution in [2.75, 3.05) is 26.4 Å². The minimum Gasteiger partial charge on any atom is -0.465 e. The molecule has 0 aliphatic carbocycles. The fraction of sp³-hybridized carbons (Fsp3) is 0.929. The van der Waals surface area contributed by atoms with Gasteiger partial charge in [-0.25, -0.2) is 0 Å². The Hall–Kier alpha value is -1.22. The summed E-state index contributed by atoms with van der Waals surface area (Å²) in [5.41, 5.74) is 0. The molecule has 0 radical (unpaired) electrons. The molecular weight excluding hydrogens is 464 g/mol. The van der Waals surface area contributed by atoms with Gasteiger partial charge < -0.3 is 29.2 Å². The molecule has 0 aliphatic heterocycles. The van der Waals surface area contributed by atoms with Crippen LogP contribution in [0.2, 0.25) is 0 Å². The number of aliphatic hydroxyl groups is 2. The third-order valence-electron chi connectivity index (χ3n) is 6.41. The Morgan fingerprint density at radius 1 is 0.528 bits per heavy atom. The smallest absolute Gasteiger partial charge is 0.310 e. The first-order valence-corrected chi connectivity index (χ1v) is 14.0. The first-order valence-electron chi connectivity index (χ1n) is 14.0. The number of esters is 2. The van der Waals surface area contributed by atoms with Gasteiger partial charge in [-0.15, -0.1) is 0 Å². The maximum absolute atomic E-state index is 12.0. The number of hydrogen-bond donors (Lipinski definition) is 2. The van der Waals surface area contributed by atoms with Crippen LogP contribution in [0.5, 0.6) is 0 Å². The molecule has 0 saturated carbocycles. The van der Waals surface area contributed by atoms with Crippen molar-refractivity contribution >= 4 is 11.9 Å². The highest BCUT2D eigenvalue weighted by Gasteiger charge is 2.18. The van der Waals surface area contributed by atoms with Crippen LogP contribution >= 0.6 is 0 Å². The van der Waals surface area contributed by atoms with Gasteiger partial charge in [0.2, 0.25) is 0 Å². The van der Waals surface area contributed by atoms with E-state index in [1.165, 1.54) is 25.7 Å². The van der Waals surface area contributed by atoms with E-state index < -0.39 is 12.2 Å². The molecule has 6 atom stereocenters. The molecule has 0 spiro atoms. The third kappa shape index (κ3) is 19.0. The van der Waals surface area contributed by atoms with E-state index in [-0.39, 0.29) is 49.2 Å². The summed E-state index contributed by atoms with van der Waals surface area (Å²) in [5, 5.41) is 18.8. The van der Waals surface area contributed by atoms with E-state index in [2.05, 4.69) is 0 Å². The molecule has 2 N–H and O–H groups in total. The van der Waals surface area contributed by atoms with Crippen molar-refractivity contribution in [1.82, 2.24) is 0 Å². The fourth-order valence-electron chi connectivity index (χ4n) is 3.26. The van der Waals surface area contributed by atoms with Gasteiger partial charge in [0, 0.05) is 0 Å². The van der Waals surface area contributed by atoms with Gasteiger partial charge in [0.25, 0.3) is 0 Å². The Bertz CT molecular complexity index is 504. The number of carbonyl (C=O) groups excluding carboxylic acids is 2. The van der Waals surface area contributed by atoms with Gasteiger partial charge in [-0.05, 0) is 54.4 Å². The van der Waals surface area contributed by atoms with Crippen molar-refractivity contribution in [3.63, 3.8) is 0 Å². The van der Waals surface area contributed by atoms with Crippen LogP contribution in [0.15, 0.2) is 0 Å². The molecule has 36 heavy (non-hydrogen) atoms. The summed E-state index contributed by atoms with van der Waals surface area (Å²) < 4.78 is 21.6. The molecule has 8 heteroatoms. The summed E-state index contributed by atoms with van der Waals surface area (Å²) in [6.07, 6.45) is 9.29. The lowest BCUT2D eigenvalue weighted by Crippen LogP contribution is -2.28. The number of rotatable bonds is 23. The van der Waals surface area contributed by atoms with Crippen molar-refractivity contribution in [3.8, 4) is 0 Å². The lowest BCUT2D eigenvalue weighted by Gasteiger charge is -2.18. The summed E-state index contributed by atoms with van der Waals surface area (Å²) in [4.78, 5) is 23.9. The van der Waals surface area contributed by atoms with Crippen LogP contribution in [-0.2, 0) is 28.5 Å². The average molecular weight is 519 g/mol. The van der Waals surface area contributed by atoms with Gasteiger partial charge in [0.1, 0.15) is 0 Å². The molecular formula is C28H54O8. The molecule has 0 rings (SSSR count). The molecule has 0 saturated heterocycles. The average Bonchev–Trinajstić information content (AvgIpc) is 2.84. The third-order valence-corrected chi connectivity index (χ3v) is 6.41. The Kier molecular flexibility index (Phi) is 21.1. The molecule has 8 nitrogen and oxygen atoms in total. The van der Waals surface area contributed by atoms with Gasteiger partial charge >= 0.3 is 11.9 Å². The lowest BCUT2D eigenvalue weighted by atomic mass is 10.1. The van der Waals surface area contributed by atoms with E-state index in [1.807, 2.05) is 0 Å². The van der Waals surface area contributed by atoms with Crippen molar-refractivity contribution in [2.45, 2.75) is 130 Å². The number of unbranched alkanes of at least 4 members (excludes halogenated alkanes) is 9. The molecule has 0 bridgehead atoms. The summed E-state index contributed by atoms with van der Waals surface area (Å²) in [5.74, 6) is -1.14. The topological polar surface area (TPSA) is 112 Å². The second-order valence-corrected chi connectivity index (χ2v) is 10.2. The monoisotopic (exact) mass is 518 g/mol.